The van der Waals surface area contributed by atoms with Gasteiger partial charge in [-0.25, -0.2) is 9.13 Å². The van der Waals surface area contributed by atoms with E-state index >= 15 is 0 Å². The molecule has 0 unspecified atom stereocenters. The molecule has 0 aromatic heterocycles. The van der Waals surface area contributed by atoms with Gasteiger partial charge in [0.1, 0.15) is 0 Å². The van der Waals surface area contributed by atoms with Crippen molar-refractivity contribution in [2.24, 2.45) is 0 Å². The normalized spacial score (nSPS) is 11.9. The van der Waals surface area contributed by atoms with Gasteiger partial charge in [0.05, 0.1) is 6.26 Å². The first-order valence-corrected chi connectivity index (χ1v) is 6.80. The molecule has 0 radical (unpaired) electrons. The van der Waals surface area contributed by atoms with Crippen molar-refractivity contribution in [3.8, 4) is 0 Å². The number of aliphatic hydroxyl groups excluding tert-OH is 1. The van der Waals surface area contributed by atoms with Crippen molar-refractivity contribution in [1.82, 2.24) is 0 Å². The zero-order chi connectivity index (χ0) is 14.0. The molecule has 0 amide bonds. The van der Waals surface area contributed by atoms with E-state index in [1.807, 2.05) is 13.8 Å². The molecule has 0 atom stereocenters. The molecule has 0 heterocycles. The molecule has 7 N–H and O–H groups in total. The van der Waals surface area contributed by atoms with Crippen LogP contribution in [0.3, 0.4) is 0 Å². The summed E-state index contributed by atoms with van der Waals surface area (Å²) in [6, 6.07) is 0. The first-order chi connectivity index (χ1) is 6.81. The summed E-state index contributed by atoms with van der Waals surface area (Å²) in [5.41, 5.74) is 1.02. The van der Waals surface area contributed by atoms with Crippen molar-refractivity contribution in [3.05, 3.63) is 11.8 Å². The van der Waals surface area contributed by atoms with Crippen molar-refractivity contribution in [1.29, 1.82) is 0 Å². The summed E-state index contributed by atoms with van der Waals surface area (Å²) in [6.07, 6.45) is 2.08. The van der Waals surface area contributed by atoms with E-state index in [2.05, 4.69) is 0 Å². The van der Waals surface area contributed by atoms with E-state index in [1.54, 1.807) is 0 Å². The molecule has 16 heavy (non-hydrogen) atoms. The standard InChI is InChI=1S/C5H10O.2H3O4P/c1-3-5(2)4-6;2*1-5(2,3)4/h4,6H,3H2,1-2H3;2*(H3,1,2,3,4). The Balaban J connectivity index is -0.000000160. The molecule has 0 rings (SSSR count). The first kappa shape index (κ1) is 21.1. The van der Waals surface area contributed by atoms with Crippen molar-refractivity contribution in [2.45, 2.75) is 20.3 Å². The Bertz CT molecular complexity index is 237. The maximum Gasteiger partial charge on any atom is 0.466 e. The van der Waals surface area contributed by atoms with Crippen molar-refractivity contribution in [2.75, 3.05) is 0 Å². The van der Waals surface area contributed by atoms with Crippen molar-refractivity contribution in [3.63, 3.8) is 0 Å². The summed E-state index contributed by atoms with van der Waals surface area (Å²) in [5.74, 6) is 0. The fourth-order valence-corrected chi connectivity index (χ4v) is 0.0913. The predicted octanol–water partition coefficient (Wildman–Crippen LogP) is 0.00100. The molecule has 0 aliphatic carbocycles. The van der Waals surface area contributed by atoms with Gasteiger partial charge in [0, 0.05) is 0 Å². The minimum atomic E-state index is -4.64. The highest BCUT2D eigenvalue weighted by Crippen LogP contribution is 2.26. The van der Waals surface area contributed by atoms with Gasteiger partial charge in [0.2, 0.25) is 0 Å². The van der Waals surface area contributed by atoms with Gasteiger partial charge in [-0.05, 0) is 18.9 Å². The molecule has 100 valence electrons. The van der Waals surface area contributed by atoms with Crippen molar-refractivity contribution >= 4 is 15.6 Å². The molecular weight excluding hydrogens is 266 g/mol. The molecule has 0 spiro atoms. The SMILES string of the molecule is CCC(C)=CO.O=P(O)(O)O.O=P(O)(O)O. The second-order valence-corrected chi connectivity index (χ2v) is 4.41. The van der Waals surface area contributed by atoms with Gasteiger partial charge in [-0.1, -0.05) is 6.92 Å². The third kappa shape index (κ3) is 158. The fraction of sp³-hybridized carbons (Fsp3) is 0.600. The Morgan fingerprint density at radius 2 is 1.19 bits per heavy atom. The summed E-state index contributed by atoms with van der Waals surface area (Å²) in [4.78, 5) is 43.1. The minimum Gasteiger partial charge on any atom is -0.516 e. The van der Waals surface area contributed by atoms with Gasteiger partial charge in [-0.15, -0.1) is 0 Å². The van der Waals surface area contributed by atoms with E-state index in [4.69, 9.17) is 43.6 Å². The zero-order valence-corrected chi connectivity index (χ0v) is 10.4. The van der Waals surface area contributed by atoms with Crippen LogP contribution in [-0.2, 0) is 9.13 Å². The third-order valence-corrected chi connectivity index (χ3v) is 0.778. The maximum absolute atomic E-state index is 8.88. The molecule has 0 aromatic rings. The summed E-state index contributed by atoms with van der Waals surface area (Å²) in [6.45, 7) is 3.89. The molecule has 0 saturated heterocycles. The Morgan fingerprint density at radius 3 is 1.19 bits per heavy atom. The van der Waals surface area contributed by atoms with Crippen LogP contribution in [0.4, 0.5) is 0 Å². The van der Waals surface area contributed by atoms with Crippen LogP contribution in [0.15, 0.2) is 11.8 Å². The van der Waals surface area contributed by atoms with Crippen LogP contribution in [-0.4, -0.2) is 34.5 Å². The lowest BCUT2D eigenvalue weighted by molar-refractivity contribution is 0.272. The highest BCUT2D eigenvalue weighted by Gasteiger charge is 2.00. The Morgan fingerprint density at radius 1 is 1.00 bits per heavy atom. The smallest absolute Gasteiger partial charge is 0.466 e. The molecule has 0 aliphatic heterocycles. The van der Waals surface area contributed by atoms with E-state index < -0.39 is 15.6 Å². The molecule has 9 nitrogen and oxygen atoms in total. The fourth-order valence-electron chi connectivity index (χ4n) is 0.0913. The number of hydrogen-bond acceptors (Lipinski definition) is 3. The van der Waals surface area contributed by atoms with Crippen LogP contribution in [0.25, 0.3) is 0 Å². The van der Waals surface area contributed by atoms with Gasteiger partial charge >= 0.3 is 15.6 Å². The molecule has 0 saturated carbocycles. The molecule has 0 aliphatic rings. The van der Waals surface area contributed by atoms with Crippen LogP contribution in [0.5, 0.6) is 0 Å². The largest absolute Gasteiger partial charge is 0.516 e. The second kappa shape index (κ2) is 9.95. The Kier molecular flexibility index (Phi) is 13.1. The Labute approximate surface area is 92.2 Å². The van der Waals surface area contributed by atoms with Crippen LogP contribution in [0, 0.1) is 0 Å². The first-order valence-electron chi connectivity index (χ1n) is 3.67. The van der Waals surface area contributed by atoms with Gasteiger partial charge in [-0.3, -0.25) is 0 Å². The van der Waals surface area contributed by atoms with Crippen molar-refractivity contribution < 1.29 is 43.6 Å². The molecule has 0 aromatic carbocycles. The van der Waals surface area contributed by atoms with E-state index in [0.717, 1.165) is 18.3 Å². The lowest BCUT2D eigenvalue weighted by Crippen LogP contribution is -1.66. The van der Waals surface area contributed by atoms with Gasteiger partial charge < -0.3 is 34.5 Å². The molecular formula is C5H16O9P2. The summed E-state index contributed by atoms with van der Waals surface area (Å²) >= 11 is 0. The van der Waals surface area contributed by atoms with Crippen LogP contribution >= 0.6 is 15.6 Å². The zero-order valence-electron chi connectivity index (χ0n) is 8.63. The van der Waals surface area contributed by atoms with Gasteiger partial charge in [0.25, 0.3) is 0 Å². The quantitative estimate of drug-likeness (QED) is 0.257. The van der Waals surface area contributed by atoms with E-state index in [-0.39, 0.29) is 0 Å². The van der Waals surface area contributed by atoms with Crippen LogP contribution in [0.1, 0.15) is 20.3 Å². The second-order valence-electron chi connectivity index (χ2n) is 2.36. The van der Waals surface area contributed by atoms with E-state index in [0.29, 0.717) is 0 Å². The highest BCUT2D eigenvalue weighted by atomic mass is 31.2. The summed E-state index contributed by atoms with van der Waals surface area (Å²) < 4.78 is 17.8. The van der Waals surface area contributed by atoms with E-state index in [9.17, 15) is 0 Å². The monoisotopic (exact) mass is 282 g/mol. The number of phosphoric acid groups is 2. The lowest BCUT2D eigenvalue weighted by atomic mass is 10.3. The van der Waals surface area contributed by atoms with Gasteiger partial charge in [-0.2, -0.15) is 0 Å². The highest BCUT2D eigenvalue weighted by molar-refractivity contribution is 7.45. The number of hydrogen-bond donors (Lipinski definition) is 7. The average molecular weight is 282 g/mol. The third-order valence-electron chi connectivity index (χ3n) is 0.778. The molecule has 11 heteroatoms. The molecule has 0 bridgehead atoms. The molecule has 0 fully saturated rings. The van der Waals surface area contributed by atoms with Crippen LogP contribution < -0.4 is 0 Å². The van der Waals surface area contributed by atoms with E-state index in [1.165, 1.54) is 0 Å². The van der Waals surface area contributed by atoms with Crippen LogP contribution in [0.2, 0.25) is 0 Å². The lowest BCUT2D eigenvalue weighted by Gasteiger charge is -1.83. The van der Waals surface area contributed by atoms with Gasteiger partial charge in [0.15, 0.2) is 0 Å². The number of allylic oxidation sites excluding steroid dienone is 1. The maximum atomic E-state index is 8.88. The predicted molar refractivity (Wildman–Crippen MR) is 55.2 cm³/mol. The topological polar surface area (TPSA) is 176 Å². The number of rotatable bonds is 1. The number of aliphatic hydroxyl groups is 1. The summed E-state index contributed by atoms with van der Waals surface area (Å²) in [5, 5.41) is 8.17. The summed E-state index contributed by atoms with van der Waals surface area (Å²) in [7, 11) is -9.28. The Hall–Kier alpha value is -0.240. The minimum absolute atomic E-state index is 0.941. The average Bonchev–Trinajstić information content (AvgIpc) is 1.96.